The van der Waals surface area contributed by atoms with Crippen molar-refractivity contribution in [2.45, 2.75) is 19.8 Å². The van der Waals surface area contributed by atoms with Gasteiger partial charge in [0.25, 0.3) is 0 Å². The van der Waals surface area contributed by atoms with Gasteiger partial charge in [0.15, 0.2) is 0 Å². The summed E-state index contributed by atoms with van der Waals surface area (Å²) in [7, 11) is 3.28. The Balaban J connectivity index is 3.48. The molecule has 0 unspecified atom stereocenters. The minimum atomic E-state index is -0.196. The van der Waals surface area contributed by atoms with Crippen LogP contribution in [-0.2, 0) is 9.59 Å². The van der Waals surface area contributed by atoms with Crippen molar-refractivity contribution in [2.24, 2.45) is 0 Å². The summed E-state index contributed by atoms with van der Waals surface area (Å²) >= 11 is 0. The van der Waals surface area contributed by atoms with Gasteiger partial charge in [-0.3, -0.25) is 4.79 Å². The molecule has 0 saturated heterocycles. The van der Waals surface area contributed by atoms with Gasteiger partial charge in [0.05, 0.1) is 0 Å². The van der Waals surface area contributed by atoms with Crippen molar-refractivity contribution >= 4 is 17.7 Å². The van der Waals surface area contributed by atoms with Gasteiger partial charge in [-0.2, -0.15) is 0 Å². The topological polar surface area (TPSA) is 78.5 Å². The second kappa shape index (κ2) is 7.67. The van der Waals surface area contributed by atoms with Gasteiger partial charge in [0, 0.05) is 40.0 Å². The number of amides is 3. The molecular weight excluding hydrogens is 210 g/mol. The first kappa shape index (κ1) is 14.4. The summed E-state index contributed by atoms with van der Waals surface area (Å²) in [6.07, 6.45) is 0.465. The van der Waals surface area contributed by atoms with E-state index in [4.69, 9.17) is 0 Å². The average molecular weight is 229 g/mol. The van der Waals surface area contributed by atoms with Gasteiger partial charge in [-0.1, -0.05) is 0 Å². The summed E-state index contributed by atoms with van der Waals surface area (Å²) in [4.78, 5) is 34.2. The standard InChI is InChI=1S/C10H19N3O3/c1-8(14)4-5-9(15)11-6-7-12-10(16)13(2)3/h4-7H2,1-3H3,(H,11,15)(H,12,16). The van der Waals surface area contributed by atoms with Crippen molar-refractivity contribution in [3.63, 3.8) is 0 Å². The predicted molar refractivity (Wildman–Crippen MR) is 60.0 cm³/mol. The molecular formula is C10H19N3O3. The summed E-state index contributed by atoms with van der Waals surface area (Å²) in [5, 5.41) is 5.22. The SMILES string of the molecule is CC(=O)CCC(=O)NCCNC(=O)N(C)C. The number of Topliss-reactive ketones (excluding diaryl/α,β-unsaturated/α-hetero) is 1. The fourth-order valence-corrected chi connectivity index (χ4v) is 0.907. The summed E-state index contributed by atoms with van der Waals surface area (Å²) < 4.78 is 0. The number of carbonyl (C=O) groups is 3. The smallest absolute Gasteiger partial charge is 0.316 e. The van der Waals surface area contributed by atoms with Crippen LogP contribution >= 0.6 is 0 Å². The molecule has 6 nitrogen and oxygen atoms in total. The monoisotopic (exact) mass is 229 g/mol. The van der Waals surface area contributed by atoms with Crippen LogP contribution in [0.3, 0.4) is 0 Å². The third-order valence-corrected chi connectivity index (χ3v) is 1.83. The van der Waals surface area contributed by atoms with Crippen molar-refractivity contribution in [3.05, 3.63) is 0 Å². The highest BCUT2D eigenvalue weighted by Crippen LogP contribution is 1.89. The van der Waals surface area contributed by atoms with Gasteiger partial charge in [0.2, 0.25) is 5.91 Å². The molecule has 0 spiro atoms. The number of hydrogen-bond acceptors (Lipinski definition) is 3. The van der Waals surface area contributed by atoms with Crippen LogP contribution in [0.2, 0.25) is 0 Å². The highest BCUT2D eigenvalue weighted by Gasteiger charge is 2.04. The maximum absolute atomic E-state index is 11.1. The van der Waals surface area contributed by atoms with Crippen LogP contribution in [0, 0.1) is 0 Å². The van der Waals surface area contributed by atoms with E-state index in [-0.39, 0.29) is 30.6 Å². The molecule has 16 heavy (non-hydrogen) atoms. The number of rotatable bonds is 6. The van der Waals surface area contributed by atoms with Crippen molar-refractivity contribution < 1.29 is 14.4 Å². The normalized spacial score (nSPS) is 9.44. The highest BCUT2D eigenvalue weighted by molar-refractivity contribution is 5.83. The molecule has 0 bridgehead atoms. The third kappa shape index (κ3) is 7.78. The van der Waals surface area contributed by atoms with Crippen LogP contribution in [0.1, 0.15) is 19.8 Å². The lowest BCUT2D eigenvalue weighted by atomic mass is 10.2. The molecule has 0 aromatic heterocycles. The molecule has 2 N–H and O–H groups in total. The first-order valence-corrected chi connectivity index (χ1v) is 5.14. The zero-order chi connectivity index (χ0) is 12.6. The molecule has 0 saturated carbocycles. The Kier molecular flexibility index (Phi) is 6.91. The molecule has 0 aliphatic carbocycles. The number of carbonyl (C=O) groups excluding carboxylic acids is 3. The number of ketones is 1. The molecule has 92 valence electrons. The van der Waals surface area contributed by atoms with Gasteiger partial charge in [-0.05, 0) is 6.92 Å². The molecule has 0 aliphatic heterocycles. The van der Waals surface area contributed by atoms with E-state index in [0.717, 1.165) is 0 Å². The van der Waals surface area contributed by atoms with Crippen molar-refractivity contribution in [2.75, 3.05) is 27.2 Å². The van der Waals surface area contributed by atoms with E-state index in [1.165, 1.54) is 11.8 Å². The third-order valence-electron chi connectivity index (χ3n) is 1.83. The molecule has 3 amide bonds. The molecule has 0 aromatic rings. The molecule has 0 heterocycles. The fourth-order valence-electron chi connectivity index (χ4n) is 0.907. The second-order valence-electron chi connectivity index (χ2n) is 3.68. The van der Waals surface area contributed by atoms with Crippen LogP contribution < -0.4 is 10.6 Å². The minimum Gasteiger partial charge on any atom is -0.354 e. The van der Waals surface area contributed by atoms with Crippen LogP contribution in [0.15, 0.2) is 0 Å². The van der Waals surface area contributed by atoms with Gasteiger partial charge in [-0.25, -0.2) is 4.79 Å². The fraction of sp³-hybridized carbons (Fsp3) is 0.700. The van der Waals surface area contributed by atoms with Crippen LogP contribution in [0.4, 0.5) is 4.79 Å². The van der Waals surface area contributed by atoms with Gasteiger partial charge < -0.3 is 20.3 Å². The van der Waals surface area contributed by atoms with Crippen LogP contribution in [0.25, 0.3) is 0 Å². The average Bonchev–Trinajstić information content (AvgIpc) is 2.20. The zero-order valence-electron chi connectivity index (χ0n) is 10.0. The largest absolute Gasteiger partial charge is 0.354 e. The molecule has 6 heteroatoms. The Morgan fingerprint density at radius 1 is 1.00 bits per heavy atom. The lowest BCUT2D eigenvalue weighted by Crippen LogP contribution is -2.39. The number of urea groups is 1. The Morgan fingerprint density at radius 3 is 2.06 bits per heavy atom. The quantitative estimate of drug-likeness (QED) is 0.616. The van der Waals surface area contributed by atoms with Crippen molar-refractivity contribution in [1.29, 1.82) is 0 Å². The predicted octanol–water partition coefficient (Wildman–Crippen LogP) is -0.257. The van der Waals surface area contributed by atoms with E-state index < -0.39 is 0 Å². The molecule has 0 rings (SSSR count). The summed E-state index contributed by atoms with van der Waals surface area (Å²) in [6, 6.07) is -0.196. The maximum Gasteiger partial charge on any atom is 0.316 e. The lowest BCUT2D eigenvalue weighted by molar-refractivity contribution is -0.124. The Hall–Kier alpha value is -1.59. The Bertz CT molecular complexity index is 264. The van der Waals surface area contributed by atoms with Crippen molar-refractivity contribution in [3.8, 4) is 0 Å². The molecule has 0 aromatic carbocycles. The van der Waals surface area contributed by atoms with Crippen LogP contribution in [0.5, 0.6) is 0 Å². The first-order valence-electron chi connectivity index (χ1n) is 5.14. The number of nitrogens with zero attached hydrogens (tertiary/aromatic N) is 1. The minimum absolute atomic E-state index is 0.00365. The highest BCUT2D eigenvalue weighted by atomic mass is 16.2. The summed E-state index contributed by atoms with van der Waals surface area (Å²) in [5.41, 5.74) is 0. The molecule has 0 fully saturated rings. The Labute approximate surface area is 95.4 Å². The number of nitrogens with one attached hydrogen (secondary N) is 2. The molecule has 0 aliphatic rings. The van der Waals surface area contributed by atoms with Gasteiger partial charge in [0.1, 0.15) is 5.78 Å². The zero-order valence-corrected chi connectivity index (χ0v) is 10.0. The van der Waals surface area contributed by atoms with Gasteiger partial charge >= 0.3 is 6.03 Å². The maximum atomic E-state index is 11.1. The second-order valence-corrected chi connectivity index (χ2v) is 3.68. The molecule has 0 atom stereocenters. The first-order chi connectivity index (χ1) is 7.43. The molecule has 0 radical (unpaired) electrons. The van der Waals surface area contributed by atoms with E-state index in [0.29, 0.717) is 13.1 Å². The van der Waals surface area contributed by atoms with E-state index in [2.05, 4.69) is 10.6 Å². The Morgan fingerprint density at radius 2 is 1.56 bits per heavy atom. The van der Waals surface area contributed by atoms with E-state index in [1.54, 1.807) is 14.1 Å². The van der Waals surface area contributed by atoms with E-state index in [9.17, 15) is 14.4 Å². The van der Waals surface area contributed by atoms with E-state index >= 15 is 0 Å². The number of hydrogen-bond donors (Lipinski definition) is 2. The van der Waals surface area contributed by atoms with E-state index in [1.807, 2.05) is 0 Å². The summed E-state index contributed by atoms with van der Waals surface area (Å²) in [6.45, 7) is 2.20. The van der Waals surface area contributed by atoms with Gasteiger partial charge in [-0.15, -0.1) is 0 Å². The van der Waals surface area contributed by atoms with Crippen LogP contribution in [-0.4, -0.2) is 49.8 Å². The lowest BCUT2D eigenvalue weighted by Gasteiger charge is -2.12. The van der Waals surface area contributed by atoms with Crippen molar-refractivity contribution in [1.82, 2.24) is 15.5 Å². The summed E-state index contributed by atoms with van der Waals surface area (Å²) in [5.74, 6) is -0.176.